The van der Waals surface area contributed by atoms with Gasteiger partial charge >= 0.3 is 0 Å². The van der Waals surface area contributed by atoms with Crippen LogP contribution in [0.3, 0.4) is 0 Å². The molecule has 2 aliphatic rings. The number of carbonyl (C=O) groups is 1. The highest BCUT2D eigenvalue weighted by atomic mass is 32.2. The summed E-state index contributed by atoms with van der Waals surface area (Å²) in [5, 5.41) is 0. The number of likely N-dealkylation sites (tertiary alicyclic amines) is 1. The van der Waals surface area contributed by atoms with E-state index < -0.39 is 10.2 Å². The smallest absolute Gasteiger partial charge is 0.279 e. The quantitative estimate of drug-likeness (QED) is 0.716. The Bertz CT molecular complexity index is 475. The molecule has 1 amide bonds. The molecule has 0 aromatic rings. The van der Waals surface area contributed by atoms with Crippen LogP contribution in [-0.4, -0.2) is 56.3 Å². The van der Waals surface area contributed by atoms with E-state index in [2.05, 4.69) is 4.72 Å². The van der Waals surface area contributed by atoms with E-state index in [9.17, 15) is 13.2 Å². The standard InChI is InChI=1S/C16H31N3O3S/c1-18(15-9-4-2-5-10-15)23(21,22)17-12-8-14-19-13-7-3-6-11-16(19)20/h15,17H,2-14H2,1H3. The van der Waals surface area contributed by atoms with Crippen LogP contribution in [0, 0.1) is 0 Å². The van der Waals surface area contributed by atoms with Crippen LogP contribution in [0.25, 0.3) is 0 Å². The predicted molar refractivity (Wildman–Crippen MR) is 91.2 cm³/mol. The Balaban J connectivity index is 1.72. The lowest BCUT2D eigenvalue weighted by atomic mass is 9.96. The summed E-state index contributed by atoms with van der Waals surface area (Å²) in [6.45, 7) is 1.85. The van der Waals surface area contributed by atoms with Gasteiger partial charge in [-0.05, 0) is 32.1 Å². The Labute approximate surface area is 140 Å². The van der Waals surface area contributed by atoms with E-state index in [-0.39, 0.29) is 11.9 Å². The van der Waals surface area contributed by atoms with Crippen molar-refractivity contribution < 1.29 is 13.2 Å². The van der Waals surface area contributed by atoms with Gasteiger partial charge in [0.2, 0.25) is 5.91 Å². The molecule has 23 heavy (non-hydrogen) atoms. The lowest BCUT2D eigenvalue weighted by Gasteiger charge is -2.30. The van der Waals surface area contributed by atoms with Gasteiger partial charge in [0.1, 0.15) is 0 Å². The average molecular weight is 346 g/mol. The Hall–Kier alpha value is -0.660. The molecule has 2 rings (SSSR count). The molecule has 1 saturated carbocycles. The van der Waals surface area contributed by atoms with E-state index in [0.29, 0.717) is 25.9 Å². The zero-order chi connectivity index (χ0) is 16.7. The van der Waals surface area contributed by atoms with E-state index in [1.165, 1.54) is 10.7 Å². The summed E-state index contributed by atoms with van der Waals surface area (Å²) < 4.78 is 28.9. The van der Waals surface area contributed by atoms with Gasteiger partial charge in [0.25, 0.3) is 10.2 Å². The maximum atomic E-state index is 12.3. The zero-order valence-corrected chi connectivity index (χ0v) is 15.1. The molecule has 1 saturated heterocycles. The van der Waals surface area contributed by atoms with Crippen LogP contribution in [0.2, 0.25) is 0 Å². The number of nitrogens with one attached hydrogen (secondary N) is 1. The highest BCUT2D eigenvalue weighted by molar-refractivity contribution is 7.87. The van der Waals surface area contributed by atoms with Crippen molar-refractivity contribution in [1.82, 2.24) is 13.9 Å². The second-order valence-corrected chi connectivity index (χ2v) is 8.57. The Morgan fingerprint density at radius 1 is 1.13 bits per heavy atom. The van der Waals surface area contributed by atoms with E-state index in [1.807, 2.05) is 4.90 Å². The number of amides is 1. The van der Waals surface area contributed by atoms with Crippen molar-refractivity contribution in [1.29, 1.82) is 0 Å². The normalized spacial score (nSPS) is 21.7. The van der Waals surface area contributed by atoms with Crippen molar-refractivity contribution in [2.45, 2.75) is 70.3 Å². The molecule has 7 heteroatoms. The van der Waals surface area contributed by atoms with Crippen LogP contribution in [-0.2, 0) is 15.0 Å². The average Bonchev–Trinajstić information content (AvgIpc) is 2.76. The summed E-state index contributed by atoms with van der Waals surface area (Å²) >= 11 is 0. The van der Waals surface area contributed by atoms with Gasteiger partial charge in [-0.1, -0.05) is 25.7 Å². The fourth-order valence-electron chi connectivity index (χ4n) is 3.49. The Kier molecular flexibility index (Phi) is 7.30. The molecule has 1 aliphatic carbocycles. The maximum absolute atomic E-state index is 12.3. The summed E-state index contributed by atoms with van der Waals surface area (Å²) in [7, 11) is -1.73. The molecule has 1 heterocycles. The third-order valence-corrected chi connectivity index (χ3v) is 6.65. The van der Waals surface area contributed by atoms with Crippen molar-refractivity contribution >= 4 is 16.1 Å². The molecule has 0 aromatic carbocycles. The summed E-state index contributed by atoms with van der Waals surface area (Å²) in [4.78, 5) is 13.8. The molecule has 0 radical (unpaired) electrons. The number of nitrogens with zero attached hydrogens (tertiary/aromatic N) is 2. The van der Waals surface area contributed by atoms with Gasteiger partial charge in [-0.15, -0.1) is 0 Å². The largest absolute Gasteiger partial charge is 0.343 e. The molecule has 0 unspecified atom stereocenters. The van der Waals surface area contributed by atoms with Crippen molar-refractivity contribution in [2.75, 3.05) is 26.7 Å². The molecule has 0 atom stereocenters. The molecule has 6 nitrogen and oxygen atoms in total. The number of rotatable bonds is 7. The molecule has 0 aromatic heterocycles. The minimum absolute atomic E-state index is 0.133. The fraction of sp³-hybridized carbons (Fsp3) is 0.938. The third kappa shape index (κ3) is 5.72. The number of hydrogen-bond donors (Lipinski definition) is 1. The van der Waals surface area contributed by atoms with Crippen LogP contribution in [0.1, 0.15) is 64.2 Å². The first-order valence-electron chi connectivity index (χ1n) is 9.01. The predicted octanol–water partition coefficient (Wildman–Crippen LogP) is 1.88. The highest BCUT2D eigenvalue weighted by Gasteiger charge is 2.27. The van der Waals surface area contributed by atoms with E-state index in [4.69, 9.17) is 0 Å². The monoisotopic (exact) mass is 345 g/mol. The first kappa shape index (κ1) is 18.7. The molecule has 2 fully saturated rings. The Morgan fingerprint density at radius 2 is 1.83 bits per heavy atom. The van der Waals surface area contributed by atoms with E-state index in [0.717, 1.165) is 51.5 Å². The molecular weight excluding hydrogens is 314 g/mol. The summed E-state index contributed by atoms with van der Waals surface area (Å²) in [5.74, 6) is 0.213. The van der Waals surface area contributed by atoms with Crippen molar-refractivity contribution in [2.24, 2.45) is 0 Å². The van der Waals surface area contributed by atoms with Crippen molar-refractivity contribution in [3.8, 4) is 0 Å². The highest BCUT2D eigenvalue weighted by Crippen LogP contribution is 2.22. The molecular formula is C16H31N3O3S. The summed E-state index contributed by atoms with van der Waals surface area (Å²) in [6, 6.07) is 0.133. The van der Waals surface area contributed by atoms with Crippen LogP contribution < -0.4 is 4.72 Å². The maximum Gasteiger partial charge on any atom is 0.279 e. The van der Waals surface area contributed by atoms with Crippen LogP contribution in [0.4, 0.5) is 0 Å². The first-order valence-corrected chi connectivity index (χ1v) is 10.4. The molecule has 1 aliphatic heterocycles. The Morgan fingerprint density at radius 3 is 2.57 bits per heavy atom. The number of hydrogen-bond acceptors (Lipinski definition) is 3. The zero-order valence-electron chi connectivity index (χ0n) is 14.3. The molecule has 134 valence electrons. The third-order valence-electron chi connectivity index (χ3n) is 5.03. The topological polar surface area (TPSA) is 69.7 Å². The lowest BCUT2D eigenvalue weighted by molar-refractivity contribution is -0.130. The molecule has 0 bridgehead atoms. The van der Waals surface area contributed by atoms with E-state index >= 15 is 0 Å². The van der Waals surface area contributed by atoms with Crippen LogP contribution in [0.15, 0.2) is 0 Å². The van der Waals surface area contributed by atoms with Gasteiger partial charge in [-0.3, -0.25) is 4.79 Å². The minimum Gasteiger partial charge on any atom is -0.343 e. The van der Waals surface area contributed by atoms with Gasteiger partial charge in [-0.2, -0.15) is 12.7 Å². The molecule has 1 N–H and O–H groups in total. The molecule has 0 spiro atoms. The van der Waals surface area contributed by atoms with Gasteiger partial charge in [0.05, 0.1) is 0 Å². The SMILES string of the molecule is CN(C1CCCCC1)S(=O)(=O)NCCCN1CCCCCC1=O. The van der Waals surface area contributed by atoms with Crippen molar-refractivity contribution in [3.05, 3.63) is 0 Å². The second kappa shape index (κ2) is 8.99. The van der Waals surface area contributed by atoms with Gasteiger partial charge < -0.3 is 4.90 Å². The summed E-state index contributed by atoms with van der Waals surface area (Å²) in [5.41, 5.74) is 0. The van der Waals surface area contributed by atoms with Crippen LogP contribution in [0.5, 0.6) is 0 Å². The second-order valence-electron chi connectivity index (χ2n) is 6.75. The lowest BCUT2D eigenvalue weighted by Crippen LogP contribution is -2.45. The van der Waals surface area contributed by atoms with Crippen molar-refractivity contribution in [3.63, 3.8) is 0 Å². The van der Waals surface area contributed by atoms with E-state index in [1.54, 1.807) is 7.05 Å². The van der Waals surface area contributed by atoms with Gasteiger partial charge in [0.15, 0.2) is 0 Å². The van der Waals surface area contributed by atoms with Gasteiger partial charge in [-0.25, -0.2) is 4.72 Å². The summed E-state index contributed by atoms with van der Waals surface area (Å²) in [6.07, 6.45) is 9.81. The van der Waals surface area contributed by atoms with Gasteiger partial charge in [0, 0.05) is 39.1 Å². The fourth-order valence-corrected chi connectivity index (χ4v) is 4.70. The number of carbonyl (C=O) groups excluding carboxylic acids is 1. The van der Waals surface area contributed by atoms with Crippen LogP contribution >= 0.6 is 0 Å². The minimum atomic E-state index is -3.40. The first-order chi connectivity index (χ1) is 11.0.